The van der Waals surface area contributed by atoms with E-state index in [-0.39, 0.29) is 17.9 Å². The van der Waals surface area contributed by atoms with Crippen molar-refractivity contribution in [1.29, 1.82) is 0 Å². The Bertz CT molecular complexity index is 308. The van der Waals surface area contributed by atoms with Crippen LogP contribution < -0.4 is 5.32 Å². The third kappa shape index (κ3) is 3.70. The minimum atomic E-state index is -0.165. The summed E-state index contributed by atoms with van der Waals surface area (Å²) < 4.78 is 10.2. The van der Waals surface area contributed by atoms with Gasteiger partial charge in [0.2, 0.25) is 0 Å². The number of carbonyl (C=O) groups is 1. The molecule has 1 aromatic rings. The fourth-order valence-corrected chi connectivity index (χ4v) is 1.36. The Morgan fingerprint density at radius 2 is 2.31 bits per heavy atom. The molecule has 0 saturated heterocycles. The van der Waals surface area contributed by atoms with Crippen molar-refractivity contribution in [2.24, 2.45) is 5.92 Å². The van der Waals surface area contributed by atoms with Gasteiger partial charge in [0.15, 0.2) is 0 Å². The molecule has 1 heterocycles. The summed E-state index contributed by atoms with van der Waals surface area (Å²) in [5.41, 5.74) is 0. The number of nitrogens with one attached hydrogen (secondary N) is 1. The Labute approximate surface area is 96.0 Å². The summed E-state index contributed by atoms with van der Waals surface area (Å²) in [7, 11) is 0. The first-order valence-corrected chi connectivity index (χ1v) is 5.58. The Morgan fingerprint density at radius 1 is 1.56 bits per heavy atom. The number of carbonyl (C=O) groups excluding carboxylic acids is 1. The van der Waals surface area contributed by atoms with Crippen LogP contribution in [0, 0.1) is 5.92 Å². The van der Waals surface area contributed by atoms with Crippen LogP contribution in [0.25, 0.3) is 0 Å². The number of esters is 1. The highest BCUT2D eigenvalue weighted by molar-refractivity contribution is 5.72. The summed E-state index contributed by atoms with van der Waals surface area (Å²) in [5, 5.41) is 3.23. The van der Waals surface area contributed by atoms with Gasteiger partial charge in [0.05, 0.1) is 24.8 Å². The van der Waals surface area contributed by atoms with Gasteiger partial charge in [0.1, 0.15) is 5.76 Å². The lowest BCUT2D eigenvalue weighted by atomic mass is 10.1. The molecule has 0 aromatic carbocycles. The molecule has 4 heteroatoms. The molecule has 2 atom stereocenters. The van der Waals surface area contributed by atoms with Crippen LogP contribution in [-0.2, 0) is 9.53 Å². The number of rotatable bonds is 6. The average Bonchev–Trinajstić information content (AvgIpc) is 2.79. The summed E-state index contributed by atoms with van der Waals surface area (Å²) in [4.78, 5) is 11.4. The SMILES string of the molecule is CCOC(=O)C(C)CN[C@H](C)c1ccco1. The highest BCUT2D eigenvalue weighted by Crippen LogP contribution is 2.12. The largest absolute Gasteiger partial charge is 0.468 e. The zero-order valence-electron chi connectivity index (χ0n) is 10.0. The van der Waals surface area contributed by atoms with Crippen LogP contribution in [0.3, 0.4) is 0 Å². The van der Waals surface area contributed by atoms with Crippen molar-refractivity contribution < 1.29 is 13.9 Å². The van der Waals surface area contributed by atoms with Crippen LogP contribution in [0.5, 0.6) is 0 Å². The van der Waals surface area contributed by atoms with Gasteiger partial charge in [-0.1, -0.05) is 6.92 Å². The Kier molecular flexibility index (Phi) is 5.05. The van der Waals surface area contributed by atoms with Crippen molar-refractivity contribution in [3.05, 3.63) is 24.2 Å². The van der Waals surface area contributed by atoms with Gasteiger partial charge in [-0.2, -0.15) is 0 Å². The van der Waals surface area contributed by atoms with Gasteiger partial charge in [-0.25, -0.2) is 0 Å². The molecular formula is C12H19NO3. The van der Waals surface area contributed by atoms with E-state index < -0.39 is 0 Å². The molecule has 1 unspecified atom stereocenters. The zero-order valence-corrected chi connectivity index (χ0v) is 10.0. The van der Waals surface area contributed by atoms with Crippen molar-refractivity contribution in [2.75, 3.05) is 13.2 Å². The van der Waals surface area contributed by atoms with E-state index in [0.29, 0.717) is 13.2 Å². The minimum Gasteiger partial charge on any atom is -0.468 e. The second-order valence-corrected chi connectivity index (χ2v) is 3.80. The number of hydrogen-bond donors (Lipinski definition) is 1. The molecule has 0 aliphatic carbocycles. The first-order chi connectivity index (χ1) is 7.65. The molecule has 0 amide bonds. The van der Waals surface area contributed by atoms with Gasteiger partial charge in [-0.15, -0.1) is 0 Å². The molecule has 16 heavy (non-hydrogen) atoms. The van der Waals surface area contributed by atoms with Crippen LogP contribution in [-0.4, -0.2) is 19.1 Å². The lowest BCUT2D eigenvalue weighted by molar-refractivity contribution is -0.147. The maximum atomic E-state index is 11.4. The smallest absolute Gasteiger partial charge is 0.309 e. The van der Waals surface area contributed by atoms with E-state index in [1.54, 1.807) is 6.26 Å². The zero-order chi connectivity index (χ0) is 12.0. The molecule has 0 aliphatic rings. The summed E-state index contributed by atoms with van der Waals surface area (Å²) in [6, 6.07) is 3.86. The summed E-state index contributed by atoms with van der Waals surface area (Å²) in [5.74, 6) is 0.565. The highest BCUT2D eigenvalue weighted by Gasteiger charge is 2.15. The first-order valence-electron chi connectivity index (χ1n) is 5.58. The quantitative estimate of drug-likeness (QED) is 0.753. The van der Waals surface area contributed by atoms with Crippen LogP contribution in [0.15, 0.2) is 22.8 Å². The fraction of sp³-hybridized carbons (Fsp3) is 0.583. The number of hydrogen-bond acceptors (Lipinski definition) is 4. The summed E-state index contributed by atoms with van der Waals surface area (Å²) in [6.07, 6.45) is 1.64. The van der Waals surface area contributed by atoms with Crippen molar-refractivity contribution in [3.8, 4) is 0 Å². The molecule has 1 aromatic heterocycles. The first kappa shape index (κ1) is 12.8. The molecule has 1 N–H and O–H groups in total. The molecule has 0 bridgehead atoms. The highest BCUT2D eigenvalue weighted by atomic mass is 16.5. The van der Waals surface area contributed by atoms with E-state index >= 15 is 0 Å². The topological polar surface area (TPSA) is 51.5 Å². The van der Waals surface area contributed by atoms with E-state index in [2.05, 4.69) is 5.32 Å². The van der Waals surface area contributed by atoms with E-state index in [9.17, 15) is 4.79 Å². The van der Waals surface area contributed by atoms with Gasteiger partial charge in [0, 0.05) is 6.54 Å². The van der Waals surface area contributed by atoms with Gasteiger partial charge in [-0.05, 0) is 26.0 Å². The minimum absolute atomic E-state index is 0.104. The van der Waals surface area contributed by atoms with Crippen molar-refractivity contribution in [3.63, 3.8) is 0 Å². The molecule has 0 radical (unpaired) electrons. The molecule has 90 valence electrons. The Morgan fingerprint density at radius 3 is 2.88 bits per heavy atom. The fourth-order valence-electron chi connectivity index (χ4n) is 1.36. The molecule has 0 saturated carbocycles. The maximum absolute atomic E-state index is 11.4. The maximum Gasteiger partial charge on any atom is 0.309 e. The van der Waals surface area contributed by atoms with E-state index in [1.807, 2.05) is 32.9 Å². The predicted molar refractivity (Wildman–Crippen MR) is 60.9 cm³/mol. The molecule has 0 aliphatic heterocycles. The normalized spacial score (nSPS) is 14.4. The van der Waals surface area contributed by atoms with Crippen LogP contribution in [0.4, 0.5) is 0 Å². The van der Waals surface area contributed by atoms with Gasteiger partial charge in [0.25, 0.3) is 0 Å². The van der Waals surface area contributed by atoms with Crippen LogP contribution >= 0.6 is 0 Å². The van der Waals surface area contributed by atoms with Crippen molar-refractivity contribution in [1.82, 2.24) is 5.32 Å². The summed E-state index contributed by atoms with van der Waals surface area (Å²) in [6.45, 7) is 6.66. The molecule has 1 rings (SSSR count). The van der Waals surface area contributed by atoms with Gasteiger partial charge < -0.3 is 14.5 Å². The number of furan rings is 1. The third-order valence-corrected chi connectivity index (χ3v) is 2.39. The van der Waals surface area contributed by atoms with Crippen molar-refractivity contribution in [2.45, 2.75) is 26.8 Å². The monoisotopic (exact) mass is 225 g/mol. The van der Waals surface area contributed by atoms with Gasteiger partial charge >= 0.3 is 5.97 Å². The van der Waals surface area contributed by atoms with Gasteiger partial charge in [-0.3, -0.25) is 4.79 Å². The summed E-state index contributed by atoms with van der Waals surface area (Å²) >= 11 is 0. The van der Waals surface area contributed by atoms with E-state index in [1.165, 1.54) is 0 Å². The second-order valence-electron chi connectivity index (χ2n) is 3.80. The van der Waals surface area contributed by atoms with E-state index in [0.717, 1.165) is 5.76 Å². The lowest BCUT2D eigenvalue weighted by Gasteiger charge is -2.15. The van der Waals surface area contributed by atoms with Crippen LogP contribution in [0.1, 0.15) is 32.6 Å². The second kappa shape index (κ2) is 6.33. The van der Waals surface area contributed by atoms with E-state index in [4.69, 9.17) is 9.15 Å². The third-order valence-electron chi connectivity index (χ3n) is 2.39. The molecule has 0 fully saturated rings. The van der Waals surface area contributed by atoms with Crippen molar-refractivity contribution >= 4 is 5.97 Å². The standard InChI is InChI=1S/C12H19NO3/c1-4-15-12(14)9(2)8-13-10(3)11-6-5-7-16-11/h5-7,9-10,13H,4,8H2,1-3H3/t9?,10-/m1/s1. The molecular weight excluding hydrogens is 206 g/mol. The Balaban J connectivity index is 2.31. The van der Waals surface area contributed by atoms with Crippen LogP contribution in [0.2, 0.25) is 0 Å². The Hall–Kier alpha value is -1.29. The lowest BCUT2D eigenvalue weighted by Crippen LogP contribution is -2.29. The average molecular weight is 225 g/mol. The molecule has 4 nitrogen and oxygen atoms in total. The number of ether oxygens (including phenoxy) is 1. The molecule has 0 spiro atoms. The predicted octanol–water partition coefficient (Wildman–Crippen LogP) is 2.13.